The second-order valence-electron chi connectivity index (χ2n) is 9.51. The van der Waals surface area contributed by atoms with Gasteiger partial charge in [0, 0.05) is 30.7 Å². The van der Waals surface area contributed by atoms with Crippen molar-refractivity contribution < 1.29 is 14.4 Å². The molecule has 1 unspecified atom stereocenters. The molecule has 4 rings (SSSR count). The fraction of sp³-hybridized carbons (Fsp3) is 0.857. The zero-order chi connectivity index (χ0) is 18.5. The van der Waals surface area contributed by atoms with Crippen molar-refractivity contribution >= 4 is 17.3 Å². The molecule has 0 saturated heterocycles. The summed E-state index contributed by atoms with van der Waals surface area (Å²) in [6.45, 7) is 5.39. The average Bonchev–Trinajstić information content (AvgIpc) is 2.92. The first-order valence-electron chi connectivity index (χ1n) is 10.3. The third kappa shape index (κ3) is 2.57. The number of hydrogen-bond acceptors (Lipinski definition) is 5. The van der Waals surface area contributed by atoms with Crippen LogP contribution in [0.3, 0.4) is 0 Å². The smallest absolute Gasteiger partial charge is 0.139 e. The van der Waals surface area contributed by atoms with E-state index in [1.54, 1.807) is 0 Å². The van der Waals surface area contributed by atoms with E-state index in [0.717, 1.165) is 44.2 Å². The lowest BCUT2D eigenvalue weighted by Gasteiger charge is -2.58. The summed E-state index contributed by atoms with van der Waals surface area (Å²) in [5.74, 6) is 2.29. The van der Waals surface area contributed by atoms with E-state index in [9.17, 15) is 9.59 Å². The first-order chi connectivity index (χ1) is 12.4. The minimum Gasteiger partial charge on any atom is -0.395 e. The van der Waals surface area contributed by atoms with Gasteiger partial charge in [-0.25, -0.2) is 0 Å². The normalized spacial score (nSPS) is 46.7. The molecule has 0 radical (unpaired) electrons. The van der Waals surface area contributed by atoms with Crippen molar-refractivity contribution in [3.63, 3.8) is 0 Å². The summed E-state index contributed by atoms with van der Waals surface area (Å²) >= 11 is 0. The molecule has 6 atom stereocenters. The lowest BCUT2D eigenvalue weighted by molar-refractivity contribution is -0.152. The minimum atomic E-state index is -0.165. The zero-order valence-electron chi connectivity index (χ0n) is 16.1. The second kappa shape index (κ2) is 6.43. The number of nitrogens with two attached hydrogens (primary N) is 1. The Morgan fingerprint density at radius 3 is 2.69 bits per heavy atom. The van der Waals surface area contributed by atoms with Gasteiger partial charge in [0.1, 0.15) is 18.2 Å². The Morgan fingerprint density at radius 1 is 1.12 bits per heavy atom. The Bertz CT molecular complexity index is 645. The fourth-order valence-electron chi connectivity index (χ4n) is 6.89. The minimum absolute atomic E-state index is 0.0554. The molecule has 26 heavy (non-hydrogen) atoms. The van der Waals surface area contributed by atoms with E-state index in [-0.39, 0.29) is 16.7 Å². The Morgan fingerprint density at radius 2 is 1.92 bits per heavy atom. The van der Waals surface area contributed by atoms with Crippen molar-refractivity contribution in [2.45, 2.75) is 65.2 Å². The highest BCUT2D eigenvalue weighted by Gasteiger charge is 2.62. The first kappa shape index (κ1) is 18.1. The van der Waals surface area contributed by atoms with Gasteiger partial charge in [0.15, 0.2) is 0 Å². The third-order valence-electron chi connectivity index (χ3n) is 8.41. The van der Waals surface area contributed by atoms with Crippen molar-refractivity contribution in [1.29, 1.82) is 0 Å². The molecule has 5 nitrogen and oxygen atoms in total. The summed E-state index contributed by atoms with van der Waals surface area (Å²) in [6, 6.07) is 0. The highest BCUT2D eigenvalue weighted by atomic mass is 16.6. The summed E-state index contributed by atoms with van der Waals surface area (Å²) < 4.78 is 0. The molecule has 4 aliphatic rings. The number of fused-ring (bicyclic) bond motifs is 5. The maximum Gasteiger partial charge on any atom is 0.139 e. The van der Waals surface area contributed by atoms with Crippen LogP contribution in [0.1, 0.15) is 65.2 Å². The van der Waals surface area contributed by atoms with Crippen molar-refractivity contribution in [2.24, 2.45) is 45.4 Å². The van der Waals surface area contributed by atoms with Crippen LogP contribution in [0.2, 0.25) is 0 Å². The summed E-state index contributed by atoms with van der Waals surface area (Å²) in [5.41, 5.74) is 6.37. The van der Waals surface area contributed by atoms with Gasteiger partial charge in [-0.1, -0.05) is 19.0 Å². The predicted molar refractivity (Wildman–Crippen MR) is 99.6 cm³/mol. The third-order valence-corrected chi connectivity index (χ3v) is 8.41. The number of rotatable bonds is 3. The molecule has 0 aromatic carbocycles. The van der Waals surface area contributed by atoms with Crippen LogP contribution in [0, 0.1) is 34.5 Å². The lowest BCUT2D eigenvalue weighted by atomic mass is 9.45. The molecule has 0 bridgehead atoms. The molecular weight excluding hydrogens is 328 g/mol. The molecule has 4 aliphatic carbocycles. The Balaban J connectivity index is 1.57. The Kier molecular flexibility index (Phi) is 4.49. The van der Waals surface area contributed by atoms with Crippen molar-refractivity contribution in [3.05, 3.63) is 0 Å². The summed E-state index contributed by atoms with van der Waals surface area (Å²) in [5, 5.41) is 4.25. The van der Waals surface area contributed by atoms with Crippen molar-refractivity contribution in [2.75, 3.05) is 13.2 Å². The number of carbonyl (C=O) groups is 2. The maximum atomic E-state index is 13.1. The summed E-state index contributed by atoms with van der Waals surface area (Å²) in [6.07, 6.45) is 7.13. The molecule has 0 aromatic heterocycles. The number of nitrogens with zero attached hydrogens (tertiary/aromatic N) is 1. The largest absolute Gasteiger partial charge is 0.395 e. The van der Waals surface area contributed by atoms with Gasteiger partial charge in [-0.3, -0.25) is 9.59 Å². The Labute approximate surface area is 156 Å². The molecule has 0 aliphatic heterocycles. The molecule has 5 heteroatoms. The quantitative estimate of drug-likeness (QED) is 0.619. The van der Waals surface area contributed by atoms with Crippen LogP contribution in [0.15, 0.2) is 5.16 Å². The van der Waals surface area contributed by atoms with Crippen LogP contribution in [0.25, 0.3) is 0 Å². The monoisotopic (exact) mass is 360 g/mol. The van der Waals surface area contributed by atoms with Gasteiger partial charge in [0.05, 0.1) is 5.71 Å². The van der Waals surface area contributed by atoms with E-state index in [4.69, 9.17) is 10.6 Å². The topological polar surface area (TPSA) is 81.8 Å². The van der Waals surface area contributed by atoms with Gasteiger partial charge in [-0.15, -0.1) is 0 Å². The molecule has 0 spiro atoms. The standard InChI is InChI=1S/C21H32N2O3/c1-20-7-5-13(23-26-10-9-22)11-17(20)18(24)12-14-15-3-4-19(25)21(15,2)8-6-16(14)20/h14-17H,3-12,22H2,1-2H3/b23-13+/t14-,15?,16+,17-,20-,21-/m1/s1. The van der Waals surface area contributed by atoms with Crippen LogP contribution in [-0.2, 0) is 14.4 Å². The van der Waals surface area contributed by atoms with E-state index in [1.165, 1.54) is 0 Å². The average molecular weight is 360 g/mol. The molecule has 4 fully saturated rings. The Hall–Kier alpha value is -1.23. The van der Waals surface area contributed by atoms with Gasteiger partial charge in [0.2, 0.25) is 0 Å². The van der Waals surface area contributed by atoms with Crippen molar-refractivity contribution in [3.8, 4) is 0 Å². The van der Waals surface area contributed by atoms with E-state index < -0.39 is 0 Å². The van der Waals surface area contributed by atoms with Crippen LogP contribution >= 0.6 is 0 Å². The van der Waals surface area contributed by atoms with Gasteiger partial charge < -0.3 is 10.6 Å². The molecule has 144 valence electrons. The molecular formula is C21H32N2O3. The molecule has 2 N–H and O–H groups in total. The SMILES string of the molecule is C[C@]12CC/C(=N\OCCN)C[C@@H]1C(=O)C[C@@H]1C3CCC(=O)[C@]3(C)CC[C@@H]12. The van der Waals surface area contributed by atoms with Gasteiger partial charge in [0.25, 0.3) is 0 Å². The van der Waals surface area contributed by atoms with Crippen LogP contribution in [-0.4, -0.2) is 30.4 Å². The predicted octanol–water partition coefficient (Wildman–Crippen LogP) is 3.11. The number of ketones is 2. The van der Waals surface area contributed by atoms with Crippen LogP contribution in [0.5, 0.6) is 0 Å². The molecule has 0 amide bonds. The van der Waals surface area contributed by atoms with Gasteiger partial charge in [-0.2, -0.15) is 0 Å². The fourth-order valence-corrected chi connectivity index (χ4v) is 6.89. The van der Waals surface area contributed by atoms with Crippen LogP contribution < -0.4 is 5.73 Å². The second-order valence-corrected chi connectivity index (χ2v) is 9.51. The number of hydrogen-bond donors (Lipinski definition) is 1. The van der Waals surface area contributed by atoms with E-state index >= 15 is 0 Å². The van der Waals surface area contributed by atoms with Crippen molar-refractivity contribution in [1.82, 2.24) is 0 Å². The van der Waals surface area contributed by atoms with Gasteiger partial charge >= 0.3 is 0 Å². The van der Waals surface area contributed by atoms with Gasteiger partial charge in [-0.05, 0) is 61.7 Å². The molecule has 0 aromatic rings. The van der Waals surface area contributed by atoms with E-state index in [1.807, 2.05) is 0 Å². The number of Topliss-reactive ketones (excluding diaryl/α,β-unsaturated/α-hetero) is 2. The lowest BCUT2D eigenvalue weighted by Crippen LogP contribution is -2.56. The highest BCUT2D eigenvalue weighted by molar-refractivity contribution is 5.93. The van der Waals surface area contributed by atoms with Crippen LogP contribution in [0.4, 0.5) is 0 Å². The zero-order valence-corrected chi connectivity index (χ0v) is 16.1. The highest BCUT2D eigenvalue weighted by Crippen LogP contribution is 2.64. The van der Waals surface area contributed by atoms with E-state index in [2.05, 4.69) is 19.0 Å². The number of carbonyl (C=O) groups excluding carboxylic acids is 2. The van der Waals surface area contributed by atoms with E-state index in [0.29, 0.717) is 55.3 Å². The first-order valence-corrected chi connectivity index (χ1v) is 10.3. The maximum absolute atomic E-state index is 13.1. The number of oxime groups is 1. The molecule has 0 heterocycles. The molecule has 4 saturated carbocycles. The summed E-state index contributed by atoms with van der Waals surface area (Å²) in [4.78, 5) is 30.9. The summed E-state index contributed by atoms with van der Waals surface area (Å²) in [7, 11) is 0.